The highest BCUT2D eigenvalue weighted by Crippen LogP contribution is 2.29. The molecule has 2 atom stereocenters. The van der Waals surface area contributed by atoms with Crippen LogP contribution in [0, 0.1) is 6.92 Å². The van der Waals surface area contributed by atoms with Crippen LogP contribution in [-0.4, -0.2) is 55.7 Å². The van der Waals surface area contributed by atoms with Crippen molar-refractivity contribution in [3.63, 3.8) is 0 Å². The van der Waals surface area contributed by atoms with Crippen LogP contribution in [0.5, 0.6) is 0 Å². The van der Waals surface area contributed by atoms with Crippen LogP contribution in [0.15, 0.2) is 40.6 Å². The molecule has 0 bridgehead atoms. The van der Waals surface area contributed by atoms with Gasteiger partial charge in [-0.3, -0.25) is 4.90 Å². The van der Waals surface area contributed by atoms with Crippen molar-refractivity contribution in [2.24, 2.45) is 0 Å². The average molecular weight is 459 g/mol. The first-order chi connectivity index (χ1) is 14.7. The average Bonchev–Trinajstić information content (AvgIpc) is 3.16. The lowest BCUT2D eigenvalue weighted by Crippen LogP contribution is -2.35. The van der Waals surface area contributed by atoms with Gasteiger partial charge in [-0.1, -0.05) is 6.07 Å². The summed E-state index contributed by atoms with van der Waals surface area (Å²) in [4.78, 5) is 16.0. The number of rotatable bonds is 5. The highest BCUT2D eigenvalue weighted by Gasteiger charge is 2.26. The summed E-state index contributed by atoms with van der Waals surface area (Å²) in [5.74, 6) is 0.699. The lowest BCUT2D eigenvalue weighted by molar-refractivity contribution is 0.174. The van der Waals surface area contributed by atoms with E-state index in [4.69, 9.17) is 9.97 Å². The molecule has 31 heavy (non-hydrogen) atoms. The van der Waals surface area contributed by atoms with Crippen molar-refractivity contribution in [3.8, 4) is 0 Å². The molecule has 0 spiro atoms. The molecule has 1 saturated heterocycles. The Labute approximate surface area is 188 Å². The number of hydrogen-bond donors (Lipinski definition) is 0. The minimum Gasteiger partial charge on any atom is -0.341 e. The second-order valence-electron chi connectivity index (χ2n) is 8.49. The van der Waals surface area contributed by atoms with Crippen molar-refractivity contribution < 1.29 is 8.42 Å². The summed E-state index contributed by atoms with van der Waals surface area (Å²) in [5.41, 5.74) is 1.57. The molecule has 8 heteroatoms. The van der Waals surface area contributed by atoms with E-state index in [-0.39, 0.29) is 0 Å². The Morgan fingerprint density at radius 3 is 2.71 bits per heavy atom. The maximum Gasteiger partial charge on any atom is 0.226 e. The Bertz CT molecular complexity index is 1160. The standard InChI is InChI=1S/C23H30N4O2S2/c1-16-20-10-9-19(31(4,28)29)15-21(20)25-23(24-16)27-12-5-7-18(11-13-27)26(3)17(2)22-8-6-14-30-22/h6,8-10,14-15,17-18H,5,7,11-13H2,1-4H3/t17-,18+/m1/s1. The Morgan fingerprint density at radius 2 is 2.00 bits per heavy atom. The molecule has 1 aliphatic heterocycles. The van der Waals surface area contributed by atoms with E-state index in [1.807, 2.05) is 24.3 Å². The van der Waals surface area contributed by atoms with Crippen LogP contribution in [0.4, 0.5) is 5.95 Å². The van der Waals surface area contributed by atoms with Crippen molar-refractivity contribution in [1.82, 2.24) is 14.9 Å². The molecule has 0 unspecified atom stereocenters. The Morgan fingerprint density at radius 1 is 1.19 bits per heavy atom. The molecule has 0 aliphatic carbocycles. The van der Waals surface area contributed by atoms with Gasteiger partial charge in [0.25, 0.3) is 0 Å². The molecule has 6 nitrogen and oxygen atoms in total. The number of aromatic nitrogens is 2. The predicted octanol–water partition coefficient (Wildman–Crippen LogP) is 4.46. The third-order valence-electron chi connectivity index (χ3n) is 6.40. The first kappa shape index (κ1) is 22.2. The second-order valence-corrected chi connectivity index (χ2v) is 11.5. The third kappa shape index (κ3) is 4.76. The van der Waals surface area contributed by atoms with Gasteiger partial charge < -0.3 is 4.90 Å². The number of nitrogens with zero attached hydrogens (tertiary/aromatic N) is 4. The fourth-order valence-corrected chi connectivity index (χ4v) is 5.83. The van der Waals surface area contributed by atoms with Gasteiger partial charge in [-0.25, -0.2) is 18.4 Å². The molecule has 0 N–H and O–H groups in total. The highest BCUT2D eigenvalue weighted by atomic mass is 32.2. The van der Waals surface area contributed by atoms with E-state index in [0.717, 1.165) is 43.4 Å². The first-order valence-electron chi connectivity index (χ1n) is 10.7. The normalized spacial score (nSPS) is 19.0. The third-order valence-corrected chi connectivity index (χ3v) is 8.55. The van der Waals surface area contributed by atoms with Crippen LogP contribution in [0.2, 0.25) is 0 Å². The molecule has 1 aromatic carbocycles. The minimum atomic E-state index is -3.27. The fourth-order valence-electron chi connectivity index (χ4n) is 4.36. The number of benzene rings is 1. The van der Waals surface area contributed by atoms with E-state index in [0.29, 0.717) is 28.4 Å². The van der Waals surface area contributed by atoms with Gasteiger partial charge in [0.2, 0.25) is 5.95 Å². The lowest BCUT2D eigenvalue weighted by atomic mass is 10.1. The van der Waals surface area contributed by atoms with Crippen LogP contribution in [0.25, 0.3) is 10.9 Å². The monoisotopic (exact) mass is 458 g/mol. The van der Waals surface area contributed by atoms with Crippen molar-refractivity contribution >= 4 is 38.0 Å². The maximum absolute atomic E-state index is 12.0. The van der Waals surface area contributed by atoms with Gasteiger partial charge in [-0.2, -0.15) is 0 Å². The Balaban J connectivity index is 1.55. The number of fused-ring (bicyclic) bond motifs is 1. The van der Waals surface area contributed by atoms with E-state index >= 15 is 0 Å². The molecular formula is C23H30N4O2S2. The largest absolute Gasteiger partial charge is 0.341 e. The molecule has 3 aromatic rings. The first-order valence-corrected chi connectivity index (χ1v) is 13.5. The lowest BCUT2D eigenvalue weighted by Gasteiger charge is -2.32. The zero-order valence-electron chi connectivity index (χ0n) is 18.6. The van der Waals surface area contributed by atoms with E-state index in [1.165, 1.54) is 11.1 Å². The van der Waals surface area contributed by atoms with E-state index in [1.54, 1.807) is 12.1 Å². The van der Waals surface area contributed by atoms with Crippen LogP contribution in [-0.2, 0) is 9.84 Å². The smallest absolute Gasteiger partial charge is 0.226 e. The number of thiophene rings is 1. The predicted molar refractivity (Wildman–Crippen MR) is 128 cm³/mol. The number of sulfone groups is 1. The fraction of sp³-hybridized carbons (Fsp3) is 0.478. The molecule has 0 saturated carbocycles. The van der Waals surface area contributed by atoms with Gasteiger partial charge in [-0.05, 0) is 69.8 Å². The van der Waals surface area contributed by atoms with Gasteiger partial charge in [0.05, 0.1) is 16.1 Å². The molecule has 4 rings (SSSR count). The van der Waals surface area contributed by atoms with Crippen LogP contribution in [0.1, 0.15) is 42.8 Å². The van der Waals surface area contributed by atoms with Crippen molar-refractivity contribution in [2.45, 2.75) is 50.1 Å². The topological polar surface area (TPSA) is 66.4 Å². The summed E-state index contributed by atoms with van der Waals surface area (Å²) < 4.78 is 24.0. The van der Waals surface area contributed by atoms with Gasteiger partial charge in [-0.15, -0.1) is 11.3 Å². The van der Waals surface area contributed by atoms with Gasteiger partial charge in [0.1, 0.15) is 0 Å². The summed E-state index contributed by atoms with van der Waals surface area (Å²) in [5, 5.41) is 3.04. The van der Waals surface area contributed by atoms with Crippen molar-refractivity contribution in [3.05, 3.63) is 46.3 Å². The maximum atomic E-state index is 12.0. The van der Waals surface area contributed by atoms with Gasteiger partial charge in [0, 0.05) is 41.7 Å². The molecule has 1 aliphatic rings. The van der Waals surface area contributed by atoms with E-state index in [9.17, 15) is 8.42 Å². The molecule has 3 heterocycles. The summed E-state index contributed by atoms with van der Waals surface area (Å²) in [6, 6.07) is 10.4. The molecule has 2 aromatic heterocycles. The Kier molecular flexibility index (Phi) is 6.32. The zero-order chi connectivity index (χ0) is 22.2. The second kappa shape index (κ2) is 8.84. The SMILES string of the molecule is Cc1nc(N2CCC[C@H](N(C)[C@H](C)c3cccs3)CC2)nc2cc(S(C)(=O)=O)ccc12. The van der Waals surface area contributed by atoms with E-state index < -0.39 is 9.84 Å². The van der Waals surface area contributed by atoms with Crippen molar-refractivity contribution in [2.75, 3.05) is 31.3 Å². The quantitative estimate of drug-likeness (QED) is 0.563. The number of hydrogen-bond acceptors (Lipinski definition) is 7. The van der Waals surface area contributed by atoms with Crippen LogP contribution in [0.3, 0.4) is 0 Å². The number of anilines is 1. The van der Waals surface area contributed by atoms with Crippen molar-refractivity contribution in [1.29, 1.82) is 0 Å². The van der Waals surface area contributed by atoms with Gasteiger partial charge >= 0.3 is 0 Å². The van der Waals surface area contributed by atoms with Crippen LogP contribution < -0.4 is 4.90 Å². The summed E-state index contributed by atoms with van der Waals surface area (Å²) in [7, 11) is -1.04. The molecular weight excluding hydrogens is 428 g/mol. The molecule has 0 radical (unpaired) electrons. The zero-order valence-corrected chi connectivity index (χ0v) is 20.2. The number of aryl methyl sites for hydroxylation is 1. The van der Waals surface area contributed by atoms with Crippen LogP contribution >= 0.6 is 11.3 Å². The van der Waals surface area contributed by atoms with Gasteiger partial charge in [0.15, 0.2) is 9.84 Å². The highest BCUT2D eigenvalue weighted by molar-refractivity contribution is 7.90. The summed E-state index contributed by atoms with van der Waals surface area (Å²) in [6.07, 6.45) is 4.51. The minimum absolute atomic E-state index is 0.296. The molecule has 166 valence electrons. The Hall–Kier alpha value is -2.03. The molecule has 0 amide bonds. The molecule has 1 fully saturated rings. The summed E-state index contributed by atoms with van der Waals surface area (Å²) in [6.45, 7) is 6.05. The summed E-state index contributed by atoms with van der Waals surface area (Å²) >= 11 is 1.82. The van der Waals surface area contributed by atoms with E-state index in [2.05, 4.69) is 41.3 Å².